The zero-order chi connectivity index (χ0) is 12.7. The van der Waals surface area contributed by atoms with E-state index in [0.717, 1.165) is 36.8 Å². The normalized spacial score (nSPS) is 10.5. The average molecular weight is 255 g/mol. The number of likely N-dealkylation sites (N-methyl/N-ethyl adjacent to an activating group) is 1. The summed E-state index contributed by atoms with van der Waals surface area (Å²) >= 11 is 1.67. The molecule has 0 unspecified atom stereocenters. The molecule has 1 rings (SSSR count). The van der Waals surface area contributed by atoms with E-state index in [1.54, 1.807) is 11.3 Å². The van der Waals surface area contributed by atoms with Gasteiger partial charge in [0.15, 0.2) is 0 Å². The highest BCUT2D eigenvalue weighted by molar-refractivity contribution is 7.09. The molecule has 0 radical (unpaired) electrons. The first-order valence-electron chi connectivity index (χ1n) is 6.06. The number of hydrogen-bond donors (Lipinski definition) is 1. The van der Waals surface area contributed by atoms with E-state index in [2.05, 4.69) is 15.7 Å². The van der Waals surface area contributed by atoms with Gasteiger partial charge in [0.25, 0.3) is 0 Å². The van der Waals surface area contributed by atoms with Crippen molar-refractivity contribution in [2.24, 2.45) is 0 Å². The highest BCUT2D eigenvalue weighted by Crippen LogP contribution is 2.07. The van der Waals surface area contributed by atoms with E-state index < -0.39 is 0 Å². The minimum Gasteiger partial charge on any atom is -0.342 e. The molecule has 0 bridgehead atoms. The number of thiazole rings is 1. The molecule has 0 aliphatic heterocycles. The first-order chi connectivity index (χ1) is 8.17. The van der Waals surface area contributed by atoms with Gasteiger partial charge < -0.3 is 10.2 Å². The maximum absolute atomic E-state index is 11.7. The topological polar surface area (TPSA) is 45.2 Å². The summed E-state index contributed by atoms with van der Waals surface area (Å²) < 4.78 is 0. The molecule has 5 heteroatoms. The Morgan fingerprint density at radius 3 is 2.71 bits per heavy atom. The van der Waals surface area contributed by atoms with Crippen LogP contribution in [0.5, 0.6) is 0 Å². The molecule has 0 saturated heterocycles. The van der Waals surface area contributed by atoms with Crippen LogP contribution in [0.3, 0.4) is 0 Å². The van der Waals surface area contributed by atoms with Crippen molar-refractivity contribution in [3.63, 3.8) is 0 Å². The van der Waals surface area contributed by atoms with Crippen LogP contribution in [-0.4, -0.2) is 42.0 Å². The van der Waals surface area contributed by atoms with Crippen molar-refractivity contribution in [3.8, 4) is 0 Å². The molecule has 0 saturated carbocycles. The van der Waals surface area contributed by atoms with Crippen LogP contribution in [0, 0.1) is 6.92 Å². The molecule has 0 aromatic carbocycles. The standard InChI is InChI=1S/C12H21N3OS/c1-4-15(5-2)12(16)8-13-7-6-11-9-17-10(3)14-11/h9,13H,4-8H2,1-3H3. The molecule has 0 fully saturated rings. The number of nitrogens with zero attached hydrogens (tertiary/aromatic N) is 2. The zero-order valence-electron chi connectivity index (χ0n) is 10.8. The SMILES string of the molecule is CCN(CC)C(=O)CNCCc1csc(C)n1. The molecule has 4 nitrogen and oxygen atoms in total. The van der Waals surface area contributed by atoms with E-state index in [-0.39, 0.29) is 5.91 Å². The number of carbonyl (C=O) groups excluding carboxylic acids is 1. The Balaban J connectivity index is 2.17. The molecule has 0 aliphatic rings. The van der Waals surface area contributed by atoms with E-state index >= 15 is 0 Å². The molecule has 17 heavy (non-hydrogen) atoms. The Labute approximate surface area is 107 Å². The molecular formula is C12H21N3OS. The van der Waals surface area contributed by atoms with Crippen molar-refractivity contribution in [3.05, 3.63) is 16.1 Å². The maximum atomic E-state index is 11.7. The lowest BCUT2D eigenvalue weighted by atomic mass is 10.3. The van der Waals surface area contributed by atoms with Gasteiger partial charge in [-0.15, -0.1) is 11.3 Å². The fraction of sp³-hybridized carbons (Fsp3) is 0.667. The summed E-state index contributed by atoms with van der Waals surface area (Å²) in [6.07, 6.45) is 0.885. The minimum absolute atomic E-state index is 0.171. The molecule has 0 aliphatic carbocycles. The van der Waals surface area contributed by atoms with Crippen LogP contribution in [0.25, 0.3) is 0 Å². The quantitative estimate of drug-likeness (QED) is 0.750. The van der Waals surface area contributed by atoms with Crippen LogP contribution in [0.2, 0.25) is 0 Å². The first-order valence-corrected chi connectivity index (χ1v) is 6.94. The number of nitrogens with one attached hydrogen (secondary N) is 1. The Bertz CT molecular complexity index is 347. The number of hydrogen-bond acceptors (Lipinski definition) is 4. The van der Waals surface area contributed by atoms with Gasteiger partial charge in [-0.2, -0.15) is 0 Å². The molecule has 1 aromatic rings. The Morgan fingerprint density at radius 2 is 2.18 bits per heavy atom. The van der Waals surface area contributed by atoms with E-state index in [1.165, 1.54) is 0 Å². The lowest BCUT2D eigenvalue weighted by Crippen LogP contribution is -2.38. The number of amides is 1. The smallest absolute Gasteiger partial charge is 0.236 e. The van der Waals surface area contributed by atoms with Crippen molar-refractivity contribution < 1.29 is 4.79 Å². The van der Waals surface area contributed by atoms with Gasteiger partial charge in [0.2, 0.25) is 5.91 Å². The highest BCUT2D eigenvalue weighted by Gasteiger charge is 2.08. The van der Waals surface area contributed by atoms with Gasteiger partial charge >= 0.3 is 0 Å². The van der Waals surface area contributed by atoms with Crippen LogP contribution >= 0.6 is 11.3 Å². The van der Waals surface area contributed by atoms with Crippen molar-refractivity contribution >= 4 is 17.2 Å². The van der Waals surface area contributed by atoms with Gasteiger partial charge in [0.05, 0.1) is 17.2 Å². The van der Waals surface area contributed by atoms with Gasteiger partial charge in [-0.25, -0.2) is 4.98 Å². The van der Waals surface area contributed by atoms with E-state index in [0.29, 0.717) is 6.54 Å². The largest absolute Gasteiger partial charge is 0.342 e. The summed E-state index contributed by atoms with van der Waals surface area (Å²) in [7, 11) is 0. The summed E-state index contributed by atoms with van der Waals surface area (Å²) in [5.74, 6) is 0.171. The van der Waals surface area contributed by atoms with Crippen molar-refractivity contribution in [2.45, 2.75) is 27.2 Å². The van der Waals surface area contributed by atoms with Crippen LogP contribution in [0.15, 0.2) is 5.38 Å². The maximum Gasteiger partial charge on any atom is 0.236 e. The van der Waals surface area contributed by atoms with E-state index in [1.807, 2.05) is 25.7 Å². The lowest BCUT2D eigenvalue weighted by molar-refractivity contribution is -0.129. The third-order valence-electron chi connectivity index (χ3n) is 2.62. The monoisotopic (exact) mass is 255 g/mol. The van der Waals surface area contributed by atoms with Gasteiger partial charge in [0, 0.05) is 31.4 Å². The minimum atomic E-state index is 0.171. The van der Waals surface area contributed by atoms with Crippen LogP contribution < -0.4 is 5.32 Å². The van der Waals surface area contributed by atoms with Crippen LogP contribution in [0.4, 0.5) is 0 Å². The fourth-order valence-corrected chi connectivity index (χ4v) is 2.27. The molecular weight excluding hydrogens is 234 g/mol. The van der Waals surface area contributed by atoms with Crippen molar-refractivity contribution in [1.82, 2.24) is 15.2 Å². The summed E-state index contributed by atoms with van der Waals surface area (Å²) in [6.45, 7) is 8.79. The van der Waals surface area contributed by atoms with Gasteiger partial charge in [0.1, 0.15) is 0 Å². The number of aryl methyl sites for hydroxylation is 1. The number of carbonyl (C=O) groups is 1. The van der Waals surface area contributed by atoms with Crippen molar-refractivity contribution in [1.29, 1.82) is 0 Å². The second kappa shape index (κ2) is 7.40. The Morgan fingerprint density at radius 1 is 1.47 bits per heavy atom. The fourth-order valence-electron chi connectivity index (χ4n) is 1.62. The number of rotatable bonds is 7. The van der Waals surface area contributed by atoms with E-state index in [4.69, 9.17) is 0 Å². The highest BCUT2D eigenvalue weighted by atomic mass is 32.1. The van der Waals surface area contributed by atoms with Gasteiger partial charge in [-0.05, 0) is 20.8 Å². The molecule has 1 heterocycles. The third kappa shape index (κ3) is 4.83. The Kier molecular flexibility index (Phi) is 6.15. The lowest BCUT2D eigenvalue weighted by Gasteiger charge is -2.18. The zero-order valence-corrected chi connectivity index (χ0v) is 11.6. The van der Waals surface area contributed by atoms with E-state index in [9.17, 15) is 4.79 Å². The summed E-state index contributed by atoms with van der Waals surface area (Å²) in [4.78, 5) is 17.9. The summed E-state index contributed by atoms with van der Waals surface area (Å²) in [5, 5.41) is 6.33. The molecule has 1 amide bonds. The molecule has 0 atom stereocenters. The summed E-state index contributed by atoms with van der Waals surface area (Å²) in [6, 6.07) is 0. The van der Waals surface area contributed by atoms with Gasteiger partial charge in [-0.3, -0.25) is 4.79 Å². The molecule has 0 spiro atoms. The second-order valence-electron chi connectivity index (χ2n) is 3.85. The summed E-state index contributed by atoms with van der Waals surface area (Å²) in [5.41, 5.74) is 1.11. The third-order valence-corrected chi connectivity index (χ3v) is 3.44. The predicted octanol–water partition coefficient (Wildman–Crippen LogP) is 1.45. The van der Waals surface area contributed by atoms with Gasteiger partial charge in [-0.1, -0.05) is 0 Å². The molecule has 1 N–H and O–H groups in total. The Hall–Kier alpha value is -0.940. The molecule has 1 aromatic heterocycles. The van der Waals surface area contributed by atoms with Crippen molar-refractivity contribution in [2.75, 3.05) is 26.2 Å². The molecule has 96 valence electrons. The average Bonchev–Trinajstić information content (AvgIpc) is 2.72. The predicted molar refractivity (Wildman–Crippen MR) is 71.4 cm³/mol. The number of aromatic nitrogens is 1. The first kappa shape index (κ1) is 14.1. The van der Waals surface area contributed by atoms with Crippen LogP contribution in [-0.2, 0) is 11.2 Å². The second-order valence-corrected chi connectivity index (χ2v) is 4.91. The van der Waals surface area contributed by atoms with Crippen LogP contribution in [0.1, 0.15) is 24.5 Å².